The van der Waals surface area contributed by atoms with E-state index in [0.717, 1.165) is 25.6 Å². The number of benzene rings is 1. The van der Waals surface area contributed by atoms with Crippen molar-refractivity contribution in [3.8, 4) is 6.07 Å². The highest BCUT2D eigenvalue weighted by Gasteiger charge is 2.26. The number of nitrogens with zero attached hydrogens (tertiary/aromatic N) is 1. The van der Waals surface area contributed by atoms with Crippen molar-refractivity contribution in [1.82, 2.24) is 5.32 Å². The van der Waals surface area contributed by atoms with Gasteiger partial charge in [-0.15, -0.1) is 0 Å². The fourth-order valence-electron chi connectivity index (χ4n) is 3.05. The minimum Gasteiger partial charge on any atom is -0.361 e. The van der Waals surface area contributed by atoms with Gasteiger partial charge in [0.25, 0.3) is 0 Å². The second-order valence-corrected chi connectivity index (χ2v) is 6.90. The van der Waals surface area contributed by atoms with E-state index in [0.29, 0.717) is 0 Å². The minimum absolute atomic E-state index is 0.0314. The molecule has 1 aliphatic heterocycles. The first-order valence-electron chi connectivity index (χ1n) is 7.79. The predicted octanol–water partition coefficient (Wildman–Crippen LogP) is 2.59. The van der Waals surface area contributed by atoms with Gasteiger partial charge in [-0.1, -0.05) is 30.4 Å². The summed E-state index contributed by atoms with van der Waals surface area (Å²) in [5.74, 6) is 0.130. The summed E-state index contributed by atoms with van der Waals surface area (Å²) in [4.78, 5) is 12.1. The molecule has 0 aromatic heterocycles. The minimum atomic E-state index is -0.607. The number of carbonyl (C=O) groups excluding carboxylic acids is 1. The Balaban J connectivity index is 2.05. The number of rotatable bonds is 4. The Hall–Kier alpha value is -2.02. The molecule has 4 heteroatoms. The number of carbonyl (C=O) groups is 1. The van der Waals surface area contributed by atoms with Gasteiger partial charge >= 0.3 is 0 Å². The van der Waals surface area contributed by atoms with Gasteiger partial charge in [0, 0.05) is 12.4 Å². The first-order valence-corrected chi connectivity index (χ1v) is 7.79. The van der Waals surface area contributed by atoms with Crippen LogP contribution in [0.25, 0.3) is 5.57 Å². The summed E-state index contributed by atoms with van der Waals surface area (Å²) in [5, 5.41) is 12.1. The number of nitriles is 1. The molecule has 1 unspecified atom stereocenters. The van der Waals surface area contributed by atoms with Crippen molar-refractivity contribution >= 4 is 18.8 Å². The van der Waals surface area contributed by atoms with E-state index in [-0.39, 0.29) is 18.3 Å². The monoisotopic (exact) mass is 294 g/mol. The Bertz CT molecular complexity index is 643. The van der Waals surface area contributed by atoms with Gasteiger partial charge in [-0.3, -0.25) is 4.79 Å². The van der Waals surface area contributed by atoms with Crippen LogP contribution in [0, 0.1) is 16.7 Å². The number of hydrogen-bond donors (Lipinski definition) is 1. The lowest BCUT2D eigenvalue weighted by atomic mass is 9.57. The molecule has 3 nitrogen and oxygen atoms in total. The molecule has 0 spiro atoms. The standard InChI is InChI=1S/C18H23BN2O/c1-12(2)14-7-5-6-13-8-16(19-10-15(13)14)21-17(22)9-18(3,4)11-20/h5-7,16,19H,1,8-10H2,2-4H3,(H,21,22). The molecule has 1 aromatic rings. The second-order valence-electron chi connectivity index (χ2n) is 6.90. The van der Waals surface area contributed by atoms with Crippen LogP contribution in [0.2, 0.25) is 0 Å². The molecule has 0 radical (unpaired) electrons. The van der Waals surface area contributed by atoms with Crippen LogP contribution in [-0.4, -0.2) is 19.1 Å². The first kappa shape index (κ1) is 16.4. The molecular formula is C18H23BN2O. The molecule has 1 heterocycles. The lowest BCUT2D eigenvalue weighted by Gasteiger charge is -2.27. The van der Waals surface area contributed by atoms with Crippen molar-refractivity contribution in [1.29, 1.82) is 5.26 Å². The summed E-state index contributed by atoms with van der Waals surface area (Å²) >= 11 is 0. The van der Waals surface area contributed by atoms with Crippen molar-refractivity contribution in [3.63, 3.8) is 0 Å². The third-order valence-electron chi connectivity index (χ3n) is 4.21. The Morgan fingerprint density at radius 2 is 2.27 bits per heavy atom. The van der Waals surface area contributed by atoms with Gasteiger partial charge in [0.05, 0.1) is 11.5 Å². The molecule has 114 valence electrons. The maximum atomic E-state index is 12.1. The average molecular weight is 294 g/mol. The van der Waals surface area contributed by atoms with Crippen LogP contribution >= 0.6 is 0 Å². The van der Waals surface area contributed by atoms with Crippen molar-refractivity contribution in [2.45, 2.75) is 45.9 Å². The van der Waals surface area contributed by atoms with E-state index in [1.807, 2.05) is 6.92 Å². The third kappa shape index (κ3) is 3.79. The number of amides is 1. The molecule has 0 bridgehead atoms. The normalized spacial score (nSPS) is 16.9. The second kappa shape index (κ2) is 6.40. The average Bonchev–Trinajstić information content (AvgIpc) is 2.45. The van der Waals surface area contributed by atoms with Crippen molar-refractivity contribution in [3.05, 3.63) is 41.5 Å². The maximum absolute atomic E-state index is 12.1. The summed E-state index contributed by atoms with van der Waals surface area (Å²) < 4.78 is 0. The Kier molecular flexibility index (Phi) is 4.76. The van der Waals surface area contributed by atoms with Gasteiger partial charge in [-0.2, -0.15) is 5.26 Å². The van der Waals surface area contributed by atoms with Gasteiger partial charge in [-0.05, 0) is 50.2 Å². The number of allylic oxidation sites excluding steroid dienone is 1. The van der Waals surface area contributed by atoms with Crippen molar-refractivity contribution in [2.75, 3.05) is 0 Å². The zero-order chi connectivity index (χ0) is 16.3. The molecule has 0 aliphatic carbocycles. The molecular weight excluding hydrogens is 271 g/mol. The smallest absolute Gasteiger partial charge is 0.221 e. The number of nitrogens with one attached hydrogen (secondary N) is 1. The van der Waals surface area contributed by atoms with Gasteiger partial charge in [-0.25, -0.2) is 0 Å². The summed E-state index contributed by atoms with van der Waals surface area (Å²) in [6.07, 6.45) is 2.07. The fraction of sp³-hybridized carbons (Fsp3) is 0.444. The molecule has 0 saturated carbocycles. The summed E-state index contributed by atoms with van der Waals surface area (Å²) in [7, 11) is 0.940. The predicted molar refractivity (Wildman–Crippen MR) is 91.6 cm³/mol. The van der Waals surface area contributed by atoms with Crippen LogP contribution in [0.15, 0.2) is 24.8 Å². The molecule has 2 rings (SSSR count). The first-order chi connectivity index (χ1) is 10.3. The van der Waals surface area contributed by atoms with Gasteiger partial charge in [0.1, 0.15) is 0 Å². The van der Waals surface area contributed by atoms with Crippen LogP contribution in [-0.2, 0) is 17.5 Å². The van der Waals surface area contributed by atoms with Crippen LogP contribution < -0.4 is 5.32 Å². The lowest BCUT2D eigenvalue weighted by Crippen LogP contribution is -2.45. The van der Waals surface area contributed by atoms with Crippen molar-refractivity contribution in [2.24, 2.45) is 5.41 Å². The van der Waals surface area contributed by atoms with Crippen LogP contribution in [0.4, 0.5) is 0 Å². The number of hydrogen-bond acceptors (Lipinski definition) is 2. The summed E-state index contributed by atoms with van der Waals surface area (Å²) in [5.41, 5.74) is 4.40. The molecule has 1 amide bonds. The van der Waals surface area contributed by atoms with Crippen LogP contribution in [0.3, 0.4) is 0 Å². The molecule has 0 fully saturated rings. The van der Waals surface area contributed by atoms with E-state index >= 15 is 0 Å². The molecule has 1 N–H and O–H groups in total. The third-order valence-corrected chi connectivity index (χ3v) is 4.21. The molecule has 1 aliphatic rings. The maximum Gasteiger partial charge on any atom is 0.221 e. The fourth-order valence-corrected chi connectivity index (χ4v) is 3.05. The highest BCUT2D eigenvalue weighted by atomic mass is 16.1. The topological polar surface area (TPSA) is 52.9 Å². The number of fused-ring (bicyclic) bond motifs is 1. The van der Waals surface area contributed by atoms with E-state index in [2.05, 4.69) is 36.2 Å². The Morgan fingerprint density at radius 3 is 2.91 bits per heavy atom. The Labute approximate surface area is 133 Å². The van der Waals surface area contributed by atoms with Gasteiger partial charge in [0.2, 0.25) is 5.91 Å². The molecule has 22 heavy (non-hydrogen) atoms. The quantitative estimate of drug-likeness (QED) is 0.868. The zero-order valence-corrected chi connectivity index (χ0v) is 13.7. The zero-order valence-electron chi connectivity index (χ0n) is 13.7. The summed E-state index contributed by atoms with van der Waals surface area (Å²) in [6.45, 7) is 9.67. The lowest BCUT2D eigenvalue weighted by molar-refractivity contribution is -0.122. The summed E-state index contributed by atoms with van der Waals surface area (Å²) in [6, 6.07) is 8.49. The largest absolute Gasteiger partial charge is 0.361 e. The molecule has 1 atom stereocenters. The van der Waals surface area contributed by atoms with E-state index in [1.165, 1.54) is 16.7 Å². The SMILES string of the molecule is C=C(C)c1cccc2c1CBC(NC(=O)CC(C)(C)C#N)C2. The van der Waals surface area contributed by atoms with Crippen molar-refractivity contribution < 1.29 is 4.79 Å². The molecule has 0 saturated heterocycles. The van der Waals surface area contributed by atoms with E-state index in [1.54, 1.807) is 13.8 Å². The van der Waals surface area contributed by atoms with Crippen LogP contribution in [0.5, 0.6) is 0 Å². The Morgan fingerprint density at radius 1 is 1.55 bits per heavy atom. The highest BCUT2D eigenvalue weighted by Crippen LogP contribution is 2.26. The molecule has 1 aromatic carbocycles. The van der Waals surface area contributed by atoms with Gasteiger partial charge < -0.3 is 5.32 Å². The van der Waals surface area contributed by atoms with E-state index in [4.69, 9.17) is 5.26 Å². The van der Waals surface area contributed by atoms with E-state index < -0.39 is 5.41 Å². The van der Waals surface area contributed by atoms with E-state index in [9.17, 15) is 4.79 Å². The van der Waals surface area contributed by atoms with Gasteiger partial charge in [0.15, 0.2) is 7.28 Å². The highest BCUT2D eigenvalue weighted by molar-refractivity contribution is 6.38. The van der Waals surface area contributed by atoms with Crippen LogP contribution in [0.1, 0.15) is 43.9 Å².